The van der Waals surface area contributed by atoms with Gasteiger partial charge in [-0.2, -0.15) is 0 Å². The Kier molecular flexibility index (Phi) is 5.03. The van der Waals surface area contributed by atoms with Crippen LogP contribution in [0.4, 0.5) is 5.69 Å². The van der Waals surface area contributed by atoms with E-state index in [1.54, 1.807) is 0 Å². The van der Waals surface area contributed by atoms with E-state index in [1.165, 1.54) is 12.1 Å². The lowest BCUT2D eigenvalue weighted by molar-refractivity contribution is 0.297. The van der Waals surface area contributed by atoms with Gasteiger partial charge in [0.2, 0.25) is 0 Å². The standard InChI is InChI=1S/C17H29N3/c1-6-16(18-5)17-8-7-15(10-19-17)20-11-12(2)9-13(3)14(20)4/h7-8,10,12-14,16,18H,6,9,11H2,1-5H3. The predicted octanol–water partition coefficient (Wildman–Crippen LogP) is 3.62. The molecule has 0 aliphatic carbocycles. The average Bonchev–Trinajstić information content (AvgIpc) is 2.45. The number of aromatic nitrogens is 1. The molecule has 112 valence electrons. The van der Waals surface area contributed by atoms with E-state index in [0.29, 0.717) is 12.1 Å². The van der Waals surface area contributed by atoms with Crippen LogP contribution >= 0.6 is 0 Å². The molecule has 3 nitrogen and oxygen atoms in total. The quantitative estimate of drug-likeness (QED) is 0.909. The summed E-state index contributed by atoms with van der Waals surface area (Å²) in [6, 6.07) is 5.38. The van der Waals surface area contributed by atoms with E-state index in [9.17, 15) is 0 Å². The Hall–Kier alpha value is -1.09. The van der Waals surface area contributed by atoms with Gasteiger partial charge in [-0.1, -0.05) is 20.8 Å². The van der Waals surface area contributed by atoms with E-state index < -0.39 is 0 Å². The van der Waals surface area contributed by atoms with E-state index in [-0.39, 0.29) is 0 Å². The summed E-state index contributed by atoms with van der Waals surface area (Å²) >= 11 is 0. The van der Waals surface area contributed by atoms with Gasteiger partial charge in [0.25, 0.3) is 0 Å². The Labute approximate surface area is 123 Å². The Morgan fingerprint density at radius 3 is 2.65 bits per heavy atom. The molecule has 1 aliphatic rings. The fourth-order valence-corrected chi connectivity index (χ4v) is 3.39. The molecule has 0 saturated carbocycles. The lowest BCUT2D eigenvalue weighted by Gasteiger charge is -2.42. The number of hydrogen-bond acceptors (Lipinski definition) is 3. The topological polar surface area (TPSA) is 28.2 Å². The summed E-state index contributed by atoms with van der Waals surface area (Å²) in [6.07, 6.45) is 4.45. The van der Waals surface area contributed by atoms with E-state index in [1.807, 2.05) is 7.05 Å². The van der Waals surface area contributed by atoms with Gasteiger partial charge in [-0.15, -0.1) is 0 Å². The molecule has 20 heavy (non-hydrogen) atoms. The summed E-state index contributed by atoms with van der Waals surface area (Å²) in [7, 11) is 2.00. The van der Waals surface area contributed by atoms with Gasteiger partial charge in [-0.25, -0.2) is 0 Å². The average molecular weight is 275 g/mol. The molecule has 1 aromatic rings. The minimum atomic E-state index is 0.362. The van der Waals surface area contributed by atoms with Crippen LogP contribution in [0.25, 0.3) is 0 Å². The first-order valence-corrected chi connectivity index (χ1v) is 7.96. The van der Waals surface area contributed by atoms with Gasteiger partial charge in [0.05, 0.1) is 17.6 Å². The molecule has 1 N–H and O–H groups in total. The molecule has 4 atom stereocenters. The second kappa shape index (κ2) is 6.57. The van der Waals surface area contributed by atoms with Crippen LogP contribution in [-0.2, 0) is 0 Å². The first-order chi connectivity index (χ1) is 9.56. The van der Waals surface area contributed by atoms with Crippen LogP contribution in [-0.4, -0.2) is 24.6 Å². The van der Waals surface area contributed by atoms with Crippen molar-refractivity contribution in [2.45, 2.75) is 52.6 Å². The van der Waals surface area contributed by atoms with Gasteiger partial charge in [0.15, 0.2) is 0 Å². The monoisotopic (exact) mass is 275 g/mol. The summed E-state index contributed by atoms with van der Waals surface area (Å²) in [5.41, 5.74) is 2.41. The zero-order valence-corrected chi connectivity index (χ0v) is 13.6. The van der Waals surface area contributed by atoms with Gasteiger partial charge in [-0.3, -0.25) is 4.98 Å². The maximum absolute atomic E-state index is 4.68. The Morgan fingerprint density at radius 2 is 2.10 bits per heavy atom. The molecular weight excluding hydrogens is 246 g/mol. The molecule has 0 spiro atoms. The number of rotatable bonds is 4. The first-order valence-electron chi connectivity index (χ1n) is 7.96. The SMILES string of the molecule is CCC(NC)c1ccc(N2CC(C)CC(C)C2C)cn1. The molecule has 0 aromatic carbocycles. The van der Waals surface area contributed by atoms with Crippen molar-refractivity contribution in [2.24, 2.45) is 11.8 Å². The van der Waals surface area contributed by atoms with Crippen molar-refractivity contribution >= 4 is 5.69 Å². The predicted molar refractivity (Wildman–Crippen MR) is 86.1 cm³/mol. The van der Waals surface area contributed by atoms with Gasteiger partial charge in [-0.05, 0) is 50.8 Å². The molecule has 4 unspecified atom stereocenters. The zero-order chi connectivity index (χ0) is 14.7. The third kappa shape index (κ3) is 3.14. The van der Waals surface area contributed by atoms with Crippen LogP contribution < -0.4 is 10.2 Å². The van der Waals surface area contributed by atoms with Gasteiger partial charge >= 0.3 is 0 Å². The van der Waals surface area contributed by atoms with Gasteiger partial charge in [0, 0.05) is 18.6 Å². The summed E-state index contributed by atoms with van der Waals surface area (Å²) in [4.78, 5) is 7.20. The Morgan fingerprint density at radius 1 is 1.35 bits per heavy atom. The molecule has 2 heterocycles. The minimum Gasteiger partial charge on any atom is -0.367 e. The summed E-state index contributed by atoms with van der Waals surface area (Å²) in [5, 5.41) is 3.31. The van der Waals surface area contributed by atoms with E-state index in [4.69, 9.17) is 0 Å². The molecule has 1 fully saturated rings. The number of nitrogens with one attached hydrogen (secondary N) is 1. The summed E-state index contributed by atoms with van der Waals surface area (Å²) in [5.74, 6) is 1.51. The highest BCUT2D eigenvalue weighted by atomic mass is 15.2. The molecule has 1 saturated heterocycles. The smallest absolute Gasteiger partial charge is 0.0574 e. The number of piperidine rings is 1. The second-order valence-electron chi connectivity index (χ2n) is 6.40. The third-order valence-corrected chi connectivity index (χ3v) is 4.81. The molecule has 0 amide bonds. The van der Waals surface area contributed by atoms with E-state index in [2.05, 4.69) is 61.2 Å². The Balaban J connectivity index is 2.16. The maximum Gasteiger partial charge on any atom is 0.0574 e. The van der Waals surface area contributed by atoms with Crippen molar-refractivity contribution in [3.8, 4) is 0 Å². The highest BCUT2D eigenvalue weighted by Gasteiger charge is 2.29. The maximum atomic E-state index is 4.68. The lowest BCUT2D eigenvalue weighted by Crippen LogP contribution is -2.45. The van der Waals surface area contributed by atoms with Crippen LogP contribution in [0.5, 0.6) is 0 Å². The van der Waals surface area contributed by atoms with Crippen LogP contribution in [0.2, 0.25) is 0 Å². The number of hydrogen-bond donors (Lipinski definition) is 1. The molecule has 1 aliphatic heterocycles. The van der Waals surface area contributed by atoms with Crippen molar-refractivity contribution in [1.82, 2.24) is 10.3 Å². The van der Waals surface area contributed by atoms with Crippen molar-refractivity contribution in [3.05, 3.63) is 24.0 Å². The summed E-state index contributed by atoms with van der Waals surface area (Å²) in [6.45, 7) is 10.4. The number of anilines is 1. The zero-order valence-electron chi connectivity index (χ0n) is 13.6. The van der Waals surface area contributed by atoms with Gasteiger partial charge < -0.3 is 10.2 Å². The van der Waals surface area contributed by atoms with Crippen molar-refractivity contribution in [1.29, 1.82) is 0 Å². The molecular formula is C17H29N3. The molecule has 2 rings (SSSR count). The molecule has 0 bridgehead atoms. The lowest BCUT2D eigenvalue weighted by atomic mass is 9.86. The Bertz CT molecular complexity index is 411. The molecule has 3 heteroatoms. The van der Waals surface area contributed by atoms with Crippen LogP contribution in [0.3, 0.4) is 0 Å². The third-order valence-electron chi connectivity index (χ3n) is 4.81. The van der Waals surface area contributed by atoms with Crippen molar-refractivity contribution < 1.29 is 0 Å². The van der Waals surface area contributed by atoms with Crippen LogP contribution in [0, 0.1) is 11.8 Å². The molecule has 1 aromatic heterocycles. The fraction of sp³-hybridized carbons (Fsp3) is 0.706. The van der Waals surface area contributed by atoms with Crippen molar-refractivity contribution in [2.75, 3.05) is 18.5 Å². The van der Waals surface area contributed by atoms with Crippen LogP contribution in [0.15, 0.2) is 18.3 Å². The van der Waals surface area contributed by atoms with E-state index in [0.717, 1.165) is 30.5 Å². The van der Waals surface area contributed by atoms with Gasteiger partial charge in [0.1, 0.15) is 0 Å². The first kappa shape index (κ1) is 15.3. The van der Waals surface area contributed by atoms with Crippen LogP contribution in [0.1, 0.15) is 52.3 Å². The minimum absolute atomic E-state index is 0.362. The summed E-state index contributed by atoms with van der Waals surface area (Å²) < 4.78 is 0. The number of nitrogens with zero attached hydrogens (tertiary/aromatic N) is 2. The number of pyridine rings is 1. The highest BCUT2D eigenvalue weighted by molar-refractivity contribution is 5.46. The normalized spacial score (nSPS) is 28.4. The fourth-order valence-electron chi connectivity index (χ4n) is 3.39. The molecule has 0 radical (unpaired) electrons. The largest absolute Gasteiger partial charge is 0.367 e. The second-order valence-corrected chi connectivity index (χ2v) is 6.40. The van der Waals surface area contributed by atoms with E-state index >= 15 is 0 Å². The van der Waals surface area contributed by atoms with Crippen molar-refractivity contribution in [3.63, 3.8) is 0 Å². The highest BCUT2D eigenvalue weighted by Crippen LogP contribution is 2.31.